The summed E-state index contributed by atoms with van der Waals surface area (Å²) in [5.41, 5.74) is 1.18. The van der Waals surface area contributed by atoms with E-state index in [1.54, 1.807) is 21.3 Å². The molecule has 1 aromatic carbocycles. The van der Waals surface area contributed by atoms with Gasteiger partial charge in [-0.25, -0.2) is 0 Å². The predicted octanol–water partition coefficient (Wildman–Crippen LogP) is 3.02. The van der Waals surface area contributed by atoms with Gasteiger partial charge in [0.15, 0.2) is 11.5 Å². The molecule has 0 aromatic heterocycles. The van der Waals surface area contributed by atoms with Crippen LogP contribution in [0, 0.1) is 17.8 Å². The highest BCUT2D eigenvalue weighted by molar-refractivity contribution is 5.57. The average molecular weight is 291 g/mol. The Balaban J connectivity index is 1.96. The van der Waals surface area contributed by atoms with Crippen molar-refractivity contribution >= 4 is 0 Å². The third-order valence-electron chi connectivity index (χ3n) is 5.24. The van der Waals surface area contributed by atoms with Crippen LogP contribution < -0.4 is 19.5 Å². The molecule has 0 radical (unpaired) electrons. The summed E-state index contributed by atoms with van der Waals surface area (Å²) in [6.45, 7) is 0. The van der Waals surface area contributed by atoms with E-state index in [2.05, 4.69) is 11.4 Å². The quantitative estimate of drug-likeness (QED) is 0.874. The first-order valence-corrected chi connectivity index (χ1v) is 7.72. The van der Waals surface area contributed by atoms with Gasteiger partial charge in [-0.3, -0.25) is 0 Å². The summed E-state index contributed by atoms with van der Waals surface area (Å²) in [4.78, 5) is 0. The zero-order valence-corrected chi connectivity index (χ0v) is 13.3. The topological polar surface area (TPSA) is 39.7 Å². The molecule has 2 aliphatic rings. The predicted molar refractivity (Wildman–Crippen MR) is 82.2 cm³/mol. The average Bonchev–Trinajstić information content (AvgIpc) is 2.97. The van der Waals surface area contributed by atoms with Crippen LogP contribution in [0.1, 0.15) is 30.9 Å². The Morgan fingerprint density at radius 2 is 1.67 bits per heavy atom. The highest BCUT2D eigenvalue weighted by atomic mass is 16.5. The Morgan fingerprint density at radius 1 is 1.00 bits per heavy atom. The lowest BCUT2D eigenvalue weighted by Gasteiger charge is -2.23. The van der Waals surface area contributed by atoms with Gasteiger partial charge in [0.1, 0.15) is 0 Å². The normalized spacial score (nSPS) is 27.9. The summed E-state index contributed by atoms with van der Waals surface area (Å²) in [6, 6.07) is 4.41. The SMILES string of the molecule is CNC(c1ccc(OC)c(OC)c1OC)C1C2CCCC21. The molecule has 0 saturated heterocycles. The molecule has 3 atom stereocenters. The Bertz CT molecular complexity index is 507. The monoisotopic (exact) mass is 291 g/mol. The van der Waals surface area contributed by atoms with Gasteiger partial charge in [0.25, 0.3) is 0 Å². The minimum absolute atomic E-state index is 0.329. The van der Waals surface area contributed by atoms with E-state index in [0.717, 1.165) is 23.5 Å². The zero-order chi connectivity index (χ0) is 15.0. The lowest BCUT2D eigenvalue weighted by Crippen LogP contribution is -2.21. The van der Waals surface area contributed by atoms with Crippen molar-refractivity contribution in [1.29, 1.82) is 0 Å². The van der Waals surface area contributed by atoms with Crippen LogP contribution in [0.3, 0.4) is 0 Å². The molecule has 0 amide bonds. The third-order valence-corrected chi connectivity index (χ3v) is 5.24. The summed E-state index contributed by atoms with van der Waals surface area (Å²) in [5, 5.41) is 3.50. The summed E-state index contributed by atoms with van der Waals surface area (Å²) >= 11 is 0. The number of fused-ring (bicyclic) bond motifs is 1. The highest BCUT2D eigenvalue weighted by Gasteiger charge is 2.56. The molecule has 1 N–H and O–H groups in total. The second kappa shape index (κ2) is 5.76. The largest absolute Gasteiger partial charge is 0.493 e. The summed E-state index contributed by atoms with van der Waals surface area (Å²) in [5.74, 6) is 4.70. The van der Waals surface area contributed by atoms with E-state index in [4.69, 9.17) is 14.2 Å². The Hall–Kier alpha value is -1.42. The molecule has 2 aliphatic carbocycles. The fraction of sp³-hybridized carbons (Fsp3) is 0.647. The molecular weight excluding hydrogens is 266 g/mol. The number of ether oxygens (including phenoxy) is 3. The van der Waals surface area contributed by atoms with Crippen molar-refractivity contribution in [2.24, 2.45) is 17.8 Å². The van der Waals surface area contributed by atoms with Gasteiger partial charge in [-0.05, 0) is 49.8 Å². The van der Waals surface area contributed by atoms with Crippen LogP contribution in [0.5, 0.6) is 17.2 Å². The van der Waals surface area contributed by atoms with Crippen LogP contribution in [0.15, 0.2) is 12.1 Å². The molecule has 0 spiro atoms. The molecule has 21 heavy (non-hydrogen) atoms. The maximum Gasteiger partial charge on any atom is 0.203 e. The maximum absolute atomic E-state index is 5.65. The third kappa shape index (κ3) is 2.26. The van der Waals surface area contributed by atoms with Crippen molar-refractivity contribution in [2.45, 2.75) is 25.3 Å². The molecular formula is C17H25NO3. The molecule has 4 heteroatoms. The Morgan fingerprint density at radius 3 is 2.19 bits per heavy atom. The van der Waals surface area contributed by atoms with Crippen molar-refractivity contribution in [3.8, 4) is 17.2 Å². The standard InChI is InChI=1S/C17H25NO3/c1-18-15(14-10-6-5-7-11(10)14)12-8-9-13(19-2)17(21-4)16(12)20-3/h8-11,14-15,18H,5-7H2,1-4H3. The van der Waals surface area contributed by atoms with Gasteiger partial charge in [-0.1, -0.05) is 6.42 Å². The molecule has 0 heterocycles. The van der Waals surface area contributed by atoms with E-state index < -0.39 is 0 Å². The first kappa shape index (κ1) is 14.5. The number of nitrogens with one attached hydrogen (secondary N) is 1. The lowest BCUT2D eigenvalue weighted by atomic mass is 9.95. The second-order valence-electron chi connectivity index (χ2n) is 6.03. The smallest absolute Gasteiger partial charge is 0.203 e. The fourth-order valence-electron chi connectivity index (χ4n) is 4.30. The van der Waals surface area contributed by atoms with Crippen molar-refractivity contribution in [3.63, 3.8) is 0 Å². The van der Waals surface area contributed by atoms with E-state index in [0.29, 0.717) is 17.5 Å². The van der Waals surface area contributed by atoms with Gasteiger partial charge in [0, 0.05) is 11.6 Å². The van der Waals surface area contributed by atoms with E-state index in [1.165, 1.54) is 24.8 Å². The second-order valence-corrected chi connectivity index (χ2v) is 6.03. The molecule has 3 unspecified atom stereocenters. The van der Waals surface area contributed by atoms with E-state index in [9.17, 15) is 0 Å². The summed E-state index contributed by atoms with van der Waals surface area (Å²) < 4.78 is 16.5. The van der Waals surface area contributed by atoms with Crippen LogP contribution in [-0.2, 0) is 0 Å². The van der Waals surface area contributed by atoms with Crippen LogP contribution in [0.4, 0.5) is 0 Å². The number of hydrogen-bond donors (Lipinski definition) is 1. The Kier molecular flexibility index (Phi) is 3.98. The zero-order valence-electron chi connectivity index (χ0n) is 13.3. The molecule has 0 bridgehead atoms. The Labute approximate surface area is 126 Å². The van der Waals surface area contributed by atoms with Gasteiger partial charge in [-0.15, -0.1) is 0 Å². The van der Waals surface area contributed by atoms with Crippen LogP contribution >= 0.6 is 0 Å². The van der Waals surface area contributed by atoms with E-state index in [1.807, 2.05) is 13.1 Å². The maximum atomic E-state index is 5.65. The number of rotatable bonds is 6. The summed E-state index contributed by atoms with van der Waals surface area (Å²) in [6.07, 6.45) is 4.15. The van der Waals surface area contributed by atoms with Crippen molar-refractivity contribution < 1.29 is 14.2 Å². The summed E-state index contributed by atoms with van der Waals surface area (Å²) in [7, 11) is 7.04. The van der Waals surface area contributed by atoms with Gasteiger partial charge in [0.05, 0.1) is 21.3 Å². The first-order chi connectivity index (χ1) is 10.3. The van der Waals surface area contributed by atoms with Gasteiger partial charge in [0.2, 0.25) is 5.75 Å². The molecule has 116 valence electrons. The van der Waals surface area contributed by atoms with Crippen LogP contribution in [-0.4, -0.2) is 28.4 Å². The minimum atomic E-state index is 0.329. The molecule has 2 fully saturated rings. The first-order valence-electron chi connectivity index (χ1n) is 7.72. The van der Waals surface area contributed by atoms with Crippen molar-refractivity contribution in [2.75, 3.05) is 28.4 Å². The fourth-order valence-corrected chi connectivity index (χ4v) is 4.30. The molecule has 0 aliphatic heterocycles. The van der Waals surface area contributed by atoms with Crippen molar-refractivity contribution in [3.05, 3.63) is 17.7 Å². The highest BCUT2D eigenvalue weighted by Crippen LogP contribution is 2.63. The molecule has 4 nitrogen and oxygen atoms in total. The van der Waals surface area contributed by atoms with Crippen molar-refractivity contribution in [1.82, 2.24) is 5.32 Å². The minimum Gasteiger partial charge on any atom is -0.493 e. The van der Waals surface area contributed by atoms with Gasteiger partial charge in [-0.2, -0.15) is 0 Å². The lowest BCUT2D eigenvalue weighted by molar-refractivity contribution is 0.316. The molecule has 1 aromatic rings. The number of hydrogen-bond acceptors (Lipinski definition) is 4. The molecule has 2 saturated carbocycles. The number of benzene rings is 1. The van der Waals surface area contributed by atoms with Crippen LogP contribution in [0.2, 0.25) is 0 Å². The number of methoxy groups -OCH3 is 3. The van der Waals surface area contributed by atoms with E-state index >= 15 is 0 Å². The van der Waals surface area contributed by atoms with Gasteiger partial charge < -0.3 is 19.5 Å². The van der Waals surface area contributed by atoms with Crippen LogP contribution in [0.25, 0.3) is 0 Å². The van der Waals surface area contributed by atoms with E-state index in [-0.39, 0.29) is 0 Å². The van der Waals surface area contributed by atoms with Gasteiger partial charge >= 0.3 is 0 Å². The molecule has 3 rings (SSSR count).